The summed E-state index contributed by atoms with van der Waals surface area (Å²) in [7, 11) is 0. The monoisotopic (exact) mass is 594 g/mol. The van der Waals surface area contributed by atoms with Crippen molar-refractivity contribution in [2.24, 2.45) is 15.8 Å². The molecule has 0 saturated carbocycles. The largest absolute Gasteiger partial charge is 0.443 e. The van der Waals surface area contributed by atoms with Crippen molar-refractivity contribution in [3.05, 3.63) is 75.6 Å². The molecular formula is C29H30F2N7O3S+. The number of aliphatic hydroxyl groups is 1. The van der Waals surface area contributed by atoms with Crippen molar-refractivity contribution in [2.75, 3.05) is 26.2 Å². The Morgan fingerprint density at radius 2 is 2.10 bits per heavy atom. The molecule has 3 aromatic rings. The molecule has 1 amide bonds. The number of carbonyl (C=O) groups is 1. The Kier molecular flexibility index (Phi) is 8.69. The van der Waals surface area contributed by atoms with Gasteiger partial charge in [-0.25, -0.2) is 18.6 Å². The third-order valence-corrected chi connectivity index (χ3v) is 8.66. The molecule has 0 spiro atoms. The number of rotatable bonds is 9. The molecule has 2 aromatic carbocycles. The normalized spacial score (nSPS) is 21.7. The molecule has 2 unspecified atom stereocenters. The van der Waals surface area contributed by atoms with Gasteiger partial charge >= 0.3 is 6.09 Å². The van der Waals surface area contributed by atoms with Crippen LogP contribution in [0.1, 0.15) is 41.3 Å². The van der Waals surface area contributed by atoms with E-state index >= 15 is 4.39 Å². The molecule has 1 aromatic heterocycles. The first kappa shape index (κ1) is 29.4. The van der Waals surface area contributed by atoms with Crippen LogP contribution in [-0.2, 0) is 4.74 Å². The molecule has 0 aliphatic carbocycles. The van der Waals surface area contributed by atoms with Gasteiger partial charge in [0.05, 0.1) is 28.3 Å². The predicted molar refractivity (Wildman–Crippen MR) is 153 cm³/mol. The van der Waals surface area contributed by atoms with Crippen molar-refractivity contribution in [3.8, 4) is 17.3 Å². The van der Waals surface area contributed by atoms with E-state index in [1.54, 1.807) is 31.2 Å². The molecule has 5 atom stereocenters. The number of halogens is 2. The fraction of sp³-hybridized carbons (Fsp3) is 0.345. The van der Waals surface area contributed by atoms with E-state index in [-0.39, 0.29) is 24.8 Å². The predicted octanol–water partition coefficient (Wildman–Crippen LogP) is 4.14. The summed E-state index contributed by atoms with van der Waals surface area (Å²) in [5, 5.41) is 27.8. The van der Waals surface area contributed by atoms with Crippen LogP contribution in [-0.4, -0.2) is 76.9 Å². The number of aliphatic hydroxyl groups excluding tert-OH is 1. The summed E-state index contributed by atoms with van der Waals surface area (Å²) in [6.07, 6.45) is 1.38. The van der Waals surface area contributed by atoms with Crippen molar-refractivity contribution in [1.29, 1.82) is 5.26 Å². The number of quaternary nitrogens is 1. The van der Waals surface area contributed by atoms with E-state index in [9.17, 15) is 14.3 Å². The van der Waals surface area contributed by atoms with Crippen molar-refractivity contribution in [2.45, 2.75) is 37.5 Å². The summed E-state index contributed by atoms with van der Waals surface area (Å²) < 4.78 is 34.7. The first-order valence-corrected chi connectivity index (χ1v) is 14.3. The number of hydrogen-bond acceptors (Lipinski definition) is 9. The molecule has 218 valence electrons. The second kappa shape index (κ2) is 12.4. The molecular weight excluding hydrogens is 564 g/mol. The lowest BCUT2D eigenvalue weighted by atomic mass is 9.84. The lowest BCUT2D eigenvalue weighted by Crippen LogP contribution is -2.54. The van der Waals surface area contributed by atoms with Crippen LogP contribution in [0.3, 0.4) is 0 Å². The van der Waals surface area contributed by atoms with Crippen LogP contribution in [0.25, 0.3) is 11.3 Å². The van der Waals surface area contributed by atoms with E-state index in [2.05, 4.69) is 16.2 Å². The highest BCUT2D eigenvalue weighted by Gasteiger charge is 2.47. The van der Waals surface area contributed by atoms with Crippen molar-refractivity contribution >= 4 is 30.1 Å². The zero-order valence-electron chi connectivity index (χ0n) is 22.8. The maximum atomic E-state index is 15.3. The van der Waals surface area contributed by atoms with Gasteiger partial charge < -0.3 is 20.5 Å². The Hall–Kier alpha value is -4.09. The van der Waals surface area contributed by atoms with Crippen LogP contribution >= 0.6 is 11.3 Å². The van der Waals surface area contributed by atoms with Gasteiger partial charge in [-0.05, 0) is 36.8 Å². The highest BCUT2D eigenvalue weighted by atomic mass is 32.1. The zero-order chi connectivity index (χ0) is 29.9. The standard InChI is InChI=1S/C29H30F2N7O3S/c1-18(27-36-25(15-42-27)20-4-2-19(13-32)3-5-20)26(23-12-21(30)6-7-24(23)31)28(39)38(17-34-16-35-38)10-11-41-29(40)37-9-8-22(33)14-37/h2-7,12,15-18,22,26,28,39H,8-11,14,33H2,1H3/q+1/t18-,22+,26-,28?,38?/m1/s1. The Balaban J connectivity index is 1.43. The lowest BCUT2D eigenvalue weighted by Gasteiger charge is -2.36. The number of aromatic nitrogens is 1. The van der Waals surface area contributed by atoms with Crippen molar-refractivity contribution in [3.63, 3.8) is 0 Å². The van der Waals surface area contributed by atoms with Crippen molar-refractivity contribution in [1.82, 2.24) is 9.88 Å². The Labute approximate surface area is 245 Å². The van der Waals surface area contributed by atoms with Gasteiger partial charge in [-0.15, -0.1) is 15.9 Å². The molecule has 42 heavy (non-hydrogen) atoms. The van der Waals surface area contributed by atoms with Gasteiger partial charge in [-0.3, -0.25) is 0 Å². The van der Waals surface area contributed by atoms with Gasteiger partial charge in [0.25, 0.3) is 0 Å². The Bertz CT molecular complexity index is 1530. The van der Waals surface area contributed by atoms with E-state index < -0.39 is 40.4 Å². The number of carbonyl (C=O) groups excluding carboxylic acids is 1. The molecule has 1 fully saturated rings. The fourth-order valence-electron chi connectivity index (χ4n) is 5.24. The summed E-state index contributed by atoms with van der Waals surface area (Å²) >= 11 is 1.32. The Morgan fingerprint density at radius 3 is 2.76 bits per heavy atom. The summed E-state index contributed by atoms with van der Waals surface area (Å²) in [6, 6.07) is 12.0. The lowest BCUT2D eigenvalue weighted by molar-refractivity contribution is -0.892. The van der Waals surface area contributed by atoms with E-state index in [0.29, 0.717) is 35.8 Å². The molecule has 0 bridgehead atoms. The number of nitriles is 1. The molecule has 13 heteroatoms. The molecule has 3 heterocycles. The Morgan fingerprint density at radius 1 is 1.31 bits per heavy atom. The van der Waals surface area contributed by atoms with E-state index in [0.717, 1.165) is 23.8 Å². The van der Waals surface area contributed by atoms with Crippen molar-refractivity contribution < 1.29 is 28.0 Å². The molecule has 3 N–H and O–H groups in total. The first-order valence-electron chi connectivity index (χ1n) is 13.4. The second-order valence-corrected chi connectivity index (χ2v) is 11.3. The number of hydrogen-bond donors (Lipinski definition) is 2. The number of thiazole rings is 1. The fourth-order valence-corrected chi connectivity index (χ4v) is 6.18. The number of nitrogens with zero attached hydrogens (tertiary/aromatic N) is 6. The average Bonchev–Trinajstić information content (AvgIpc) is 3.77. The summed E-state index contributed by atoms with van der Waals surface area (Å²) in [5.74, 6) is -2.96. The van der Waals surface area contributed by atoms with Gasteiger partial charge in [0, 0.05) is 41.6 Å². The van der Waals surface area contributed by atoms with Crippen LogP contribution in [0.4, 0.5) is 13.6 Å². The number of likely N-dealkylation sites (tertiary alicyclic amines) is 1. The summed E-state index contributed by atoms with van der Waals surface area (Å²) in [5.41, 5.74) is 7.81. The van der Waals surface area contributed by atoms with E-state index in [1.165, 1.54) is 28.9 Å². The molecule has 10 nitrogen and oxygen atoms in total. The number of benzene rings is 2. The van der Waals surface area contributed by atoms with Crippen LogP contribution < -0.4 is 5.73 Å². The maximum Gasteiger partial charge on any atom is 0.410 e. The van der Waals surface area contributed by atoms with E-state index in [4.69, 9.17) is 20.7 Å². The number of nitrogens with two attached hydrogens (primary N) is 1. The SMILES string of the molecule is C[C@@H](c1nc(-c2ccc(C#N)cc2)cs1)[C@H](c1cc(F)ccc1F)C(O)[N+]1(CCOC(=O)N2CC[C@H](N)C2)C=NC=N1. The quantitative estimate of drug-likeness (QED) is 0.358. The number of amides is 1. The molecule has 0 radical (unpaired) electrons. The topological polar surface area (TPSA) is 137 Å². The van der Waals surface area contributed by atoms with Crippen LogP contribution in [0.5, 0.6) is 0 Å². The van der Waals surface area contributed by atoms with Crippen LogP contribution in [0, 0.1) is 23.0 Å². The molecule has 2 aliphatic heterocycles. The minimum Gasteiger partial charge on any atom is -0.443 e. The average molecular weight is 595 g/mol. The second-order valence-electron chi connectivity index (χ2n) is 10.4. The van der Waals surface area contributed by atoms with Gasteiger partial charge in [-0.1, -0.05) is 24.2 Å². The maximum absolute atomic E-state index is 15.3. The minimum atomic E-state index is -1.44. The number of aliphatic imine (C=N–C) groups is 1. The highest BCUT2D eigenvalue weighted by Crippen LogP contribution is 2.42. The molecule has 1 saturated heterocycles. The first-order chi connectivity index (χ1) is 20.2. The van der Waals surface area contributed by atoms with Crippen LogP contribution in [0.2, 0.25) is 0 Å². The summed E-state index contributed by atoms with van der Waals surface area (Å²) in [4.78, 5) is 22.9. The van der Waals surface area contributed by atoms with Gasteiger partial charge in [0.1, 0.15) is 24.8 Å². The zero-order valence-corrected chi connectivity index (χ0v) is 23.6. The summed E-state index contributed by atoms with van der Waals surface area (Å²) in [6.45, 7) is 2.57. The minimum absolute atomic E-state index is 0.00130. The van der Waals surface area contributed by atoms with Gasteiger partial charge in [0.15, 0.2) is 6.34 Å². The smallest absolute Gasteiger partial charge is 0.410 e. The highest BCUT2D eigenvalue weighted by molar-refractivity contribution is 7.10. The third-order valence-electron chi connectivity index (χ3n) is 7.61. The van der Waals surface area contributed by atoms with Crippen LogP contribution in [0.15, 0.2) is 57.9 Å². The van der Waals surface area contributed by atoms with Gasteiger partial charge in [-0.2, -0.15) is 10.3 Å². The number of ether oxygens (including phenoxy) is 1. The third kappa shape index (κ3) is 6.07. The van der Waals surface area contributed by atoms with Gasteiger partial charge in [0.2, 0.25) is 12.6 Å². The molecule has 5 rings (SSSR count). The van der Waals surface area contributed by atoms with E-state index in [1.807, 2.05) is 5.38 Å². The molecule has 2 aliphatic rings.